The van der Waals surface area contributed by atoms with Crippen LogP contribution < -0.4 is 10.6 Å². The quantitative estimate of drug-likeness (QED) is 0.354. The number of aromatic amines is 1. The van der Waals surface area contributed by atoms with Crippen molar-refractivity contribution >= 4 is 28.6 Å². The van der Waals surface area contributed by atoms with E-state index in [1.807, 2.05) is 37.5 Å². The first-order valence-corrected chi connectivity index (χ1v) is 12.9. The molecule has 7 rings (SSSR count). The number of H-pyrrole nitrogens is 1. The predicted octanol–water partition coefficient (Wildman–Crippen LogP) is 3.96. The maximum absolute atomic E-state index is 14.7. The molecule has 0 amide bonds. The van der Waals surface area contributed by atoms with E-state index in [1.165, 1.54) is 6.07 Å². The number of pyridine rings is 1. The van der Waals surface area contributed by atoms with Gasteiger partial charge in [0.25, 0.3) is 0 Å². The number of nitrogens with zero attached hydrogens (tertiary/aromatic N) is 7. The number of aryl methyl sites for hydroxylation is 1. The van der Waals surface area contributed by atoms with Crippen LogP contribution in [0.5, 0.6) is 0 Å². The number of nitrogens with one attached hydrogen (secondary N) is 1. The third-order valence-corrected chi connectivity index (χ3v) is 8.61. The van der Waals surface area contributed by atoms with Gasteiger partial charge >= 0.3 is 0 Å². The van der Waals surface area contributed by atoms with Gasteiger partial charge in [-0.2, -0.15) is 10.2 Å². The molecule has 3 N–H and O–H groups in total. The zero-order valence-corrected chi connectivity index (χ0v) is 21.4. The molecule has 1 saturated carbocycles. The van der Waals surface area contributed by atoms with Crippen molar-refractivity contribution in [2.45, 2.75) is 11.8 Å². The predicted molar refractivity (Wildman–Crippen MR) is 143 cm³/mol. The van der Waals surface area contributed by atoms with Crippen LogP contribution in [0, 0.1) is 17.7 Å². The van der Waals surface area contributed by atoms with Crippen LogP contribution in [0.3, 0.4) is 0 Å². The van der Waals surface area contributed by atoms with Gasteiger partial charge in [0.05, 0.1) is 16.9 Å². The van der Waals surface area contributed by atoms with E-state index >= 15 is 0 Å². The molecule has 1 aromatic carbocycles. The molecule has 4 aromatic heterocycles. The van der Waals surface area contributed by atoms with Gasteiger partial charge < -0.3 is 10.6 Å². The molecule has 11 heteroatoms. The SMILES string of the molecule is Cn1ccc(-c2nccc(-c3[nH]nc4nc(N5CC[C@@H]6[C@H](C5)[C@@]6(CN)c5ccccc5F)cnc34)c2Cl)n1. The molecule has 0 unspecified atom stereocenters. The average molecular weight is 530 g/mol. The van der Waals surface area contributed by atoms with E-state index in [9.17, 15) is 4.39 Å². The molecule has 0 spiro atoms. The molecule has 5 aromatic rings. The van der Waals surface area contributed by atoms with Gasteiger partial charge in [0.2, 0.25) is 5.65 Å². The Bertz CT molecular complexity index is 1680. The first kappa shape index (κ1) is 23.2. The summed E-state index contributed by atoms with van der Waals surface area (Å²) in [4.78, 5) is 16.2. The lowest BCUT2D eigenvalue weighted by atomic mass is 9.91. The van der Waals surface area contributed by atoms with Gasteiger partial charge in [0, 0.05) is 50.1 Å². The van der Waals surface area contributed by atoms with E-state index in [0.717, 1.165) is 36.5 Å². The second-order valence-electron chi connectivity index (χ2n) is 10.1. The summed E-state index contributed by atoms with van der Waals surface area (Å²) in [6.45, 7) is 1.98. The number of rotatable bonds is 5. The van der Waals surface area contributed by atoms with Crippen molar-refractivity contribution in [2.75, 3.05) is 24.5 Å². The first-order chi connectivity index (χ1) is 18.5. The van der Waals surface area contributed by atoms with Crippen LogP contribution >= 0.6 is 11.6 Å². The maximum atomic E-state index is 14.7. The summed E-state index contributed by atoms with van der Waals surface area (Å²) in [7, 11) is 1.85. The Labute approximate surface area is 222 Å². The molecule has 1 aliphatic heterocycles. The highest BCUT2D eigenvalue weighted by molar-refractivity contribution is 6.35. The molecule has 5 heterocycles. The van der Waals surface area contributed by atoms with Crippen molar-refractivity contribution in [1.82, 2.24) is 34.9 Å². The van der Waals surface area contributed by atoms with Crippen LogP contribution in [0.4, 0.5) is 10.2 Å². The highest BCUT2D eigenvalue weighted by atomic mass is 35.5. The topological polar surface area (TPSA) is 114 Å². The molecule has 192 valence electrons. The molecule has 1 aliphatic carbocycles. The second kappa shape index (κ2) is 8.57. The summed E-state index contributed by atoms with van der Waals surface area (Å²) < 4.78 is 16.4. The lowest BCUT2D eigenvalue weighted by molar-refractivity contribution is 0.533. The van der Waals surface area contributed by atoms with Crippen molar-refractivity contribution in [3.05, 3.63) is 71.4 Å². The van der Waals surface area contributed by atoms with E-state index in [0.29, 0.717) is 45.7 Å². The van der Waals surface area contributed by atoms with Gasteiger partial charge in [-0.1, -0.05) is 29.8 Å². The van der Waals surface area contributed by atoms with Crippen LogP contribution in [0.2, 0.25) is 5.02 Å². The molecule has 0 bridgehead atoms. The Hall–Kier alpha value is -3.89. The zero-order chi connectivity index (χ0) is 26.0. The van der Waals surface area contributed by atoms with E-state index in [-0.39, 0.29) is 17.2 Å². The summed E-state index contributed by atoms with van der Waals surface area (Å²) in [5.41, 5.74) is 10.5. The molecule has 9 nitrogen and oxygen atoms in total. The number of fused-ring (bicyclic) bond motifs is 2. The number of benzene rings is 1. The maximum Gasteiger partial charge on any atom is 0.202 e. The van der Waals surface area contributed by atoms with E-state index in [2.05, 4.69) is 25.2 Å². The fraction of sp³-hybridized carbons (Fsp3) is 0.296. The molecule has 2 aliphatic rings. The normalized spacial score (nSPS) is 22.6. The van der Waals surface area contributed by atoms with Crippen LogP contribution in [0.15, 0.2) is 55.0 Å². The Morgan fingerprint density at radius 1 is 1.18 bits per heavy atom. The molecule has 2 fully saturated rings. The minimum Gasteiger partial charge on any atom is -0.355 e. The molecular formula is C27H25ClFN9. The smallest absolute Gasteiger partial charge is 0.202 e. The zero-order valence-electron chi connectivity index (χ0n) is 20.6. The van der Waals surface area contributed by atoms with Gasteiger partial charge in [-0.3, -0.25) is 14.8 Å². The monoisotopic (exact) mass is 529 g/mol. The average Bonchev–Trinajstić information content (AvgIpc) is 3.17. The third kappa shape index (κ3) is 3.36. The molecule has 38 heavy (non-hydrogen) atoms. The fourth-order valence-corrected chi connectivity index (χ4v) is 6.62. The lowest BCUT2D eigenvalue weighted by Gasteiger charge is -2.26. The summed E-state index contributed by atoms with van der Waals surface area (Å²) in [6.07, 6.45) is 6.23. The number of piperidine rings is 1. The third-order valence-electron chi connectivity index (χ3n) is 8.23. The lowest BCUT2D eigenvalue weighted by Crippen LogP contribution is -2.32. The Morgan fingerprint density at radius 3 is 2.84 bits per heavy atom. The Balaban J connectivity index is 1.18. The van der Waals surface area contributed by atoms with E-state index in [4.69, 9.17) is 27.3 Å². The highest BCUT2D eigenvalue weighted by Gasteiger charge is 2.66. The van der Waals surface area contributed by atoms with Crippen molar-refractivity contribution in [3.8, 4) is 22.6 Å². The minimum absolute atomic E-state index is 0.176. The number of hydrogen-bond donors (Lipinski definition) is 2. The minimum atomic E-state index is -0.319. The summed E-state index contributed by atoms with van der Waals surface area (Å²) in [6, 6.07) is 10.7. The molecule has 0 radical (unpaired) electrons. The van der Waals surface area contributed by atoms with Crippen molar-refractivity contribution in [3.63, 3.8) is 0 Å². The van der Waals surface area contributed by atoms with Crippen LogP contribution in [0.1, 0.15) is 12.0 Å². The number of hydrogen-bond acceptors (Lipinski definition) is 7. The summed E-state index contributed by atoms with van der Waals surface area (Å²) >= 11 is 6.77. The summed E-state index contributed by atoms with van der Waals surface area (Å²) in [5, 5.41) is 12.4. The molecular weight excluding hydrogens is 505 g/mol. The van der Waals surface area contributed by atoms with Crippen molar-refractivity contribution < 1.29 is 4.39 Å². The van der Waals surface area contributed by atoms with Gasteiger partial charge in [0.1, 0.15) is 28.5 Å². The number of halogens is 2. The van der Waals surface area contributed by atoms with Crippen LogP contribution in [0.25, 0.3) is 33.8 Å². The van der Waals surface area contributed by atoms with Gasteiger partial charge in [-0.05, 0) is 42.0 Å². The first-order valence-electron chi connectivity index (χ1n) is 12.6. The van der Waals surface area contributed by atoms with Gasteiger partial charge in [-0.25, -0.2) is 14.4 Å². The van der Waals surface area contributed by atoms with Crippen LogP contribution in [-0.4, -0.2) is 54.6 Å². The standard InChI is InChI=1S/C27H25ClFN9/c1-37-10-8-20(36-37)24-22(28)15(6-9-31-24)23-25-26(35-34-23)33-21(12-32-25)38-11-7-16-18(13-38)27(16,14-30)17-4-2-3-5-19(17)29/h2-6,8-10,12,16,18H,7,11,13-14,30H2,1H3,(H,33,34,35)/t16-,18+,27-/m1/s1. The number of aromatic nitrogens is 7. The summed E-state index contributed by atoms with van der Waals surface area (Å²) in [5.74, 6) is 1.21. The van der Waals surface area contributed by atoms with Crippen molar-refractivity contribution in [2.24, 2.45) is 24.6 Å². The Kier molecular flexibility index (Phi) is 5.24. The Morgan fingerprint density at radius 2 is 2.05 bits per heavy atom. The highest BCUT2D eigenvalue weighted by Crippen LogP contribution is 2.63. The largest absolute Gasteiger partial charge is 0.355 e. The second-order valence-corrected chi connectivity index (χ2v) is 10.4. The number of nitrogens with two attached hydrogens (primary N) is 1. The van der Waals surface area contributed by atoms with Crippen molar-refractivity contribution in [1.29, 1.82) is 0 Å². The number of anilines is 1. The van der Waals surface area contributed by atoms with Gasteiger partial charge in [-0.15, -0.1) is 0 Å². The van der Waals surface area contributed by atoms with Gasteiger partial charge in [0.15, 0.2) is 0 Å². The molecule has 3 atom stereocenters. The van der Waals surface area contributed by atoms with Crippen LogP contribution in [-0.2, 0) is 12.5 Å². The fourth-order valence-electron chi connectivity index (χ4n) is 6.32. The molecule has 1 saturated heterocycles. The van der Waals surface area contributed by atoms with E-state index < -0.39 is 0 Å². The van der Waals surface area contributed by atoms with E-state index in [1.54, 1.807) is 23.1 Å².